The molecule has 5 nitrogen and oxygen atoms in total. The first-order chi connectivity index (χ1) is 12.2. The molecule has 1 aromatic rings. The molecule has 1 aliphatic heterocycles. The van der Waals surface area contributed by atoms with E-state index in [0.717, 1.165) is 56.0 Å². The third-order valence-electron chi connectivity index (χ3n) is 4.93. The van der Waals surface area contributed by atoms with Crippen molar-refractivity contribution in [2.75, 3.05) is 33.4 Å². The molecule has 1 aliphatic carbocycles. The van der Waals surface area contributed by atoms with Crippen LogP contribution in [0.3, 0.4) is 0 Å². The summed E-state index contributed by atoms with van der Waals surface area (Å²) < 4.78 is 11.5. The van der Waals surface area contributed by atoms with Crippen molar-refractivity contribution in [3.05, 3.63) is 29.3 Å². The number of guanidine groups is 1. The van der Waals surface area contributed by atoms with Crippen molar-refractivity contribution in [3.8, 4) is 5.75 Å². The molecule has 138 valence electrons. The highest BCUT2D eigenvalue weighted by molar-refractivity contribution is 5.79. The molecule has 1 saturated heterocycles. The fraction of sp³-hybridized carbons (Fsp3) is 0.650. The van der Waals surface area contributed by atoms with Gasteiger partial charge in [-0.1, -0.05) is 25.0 Å². The van der Waals surface area contributed by atoms with E-state index in [2.05, 4.69) is 40.7 Å². The van der Waals surface area contributed by atoms with E-state index in [0.29, 0.717) is 12.5 Å². The minimum Gasteiger partial charge on any atom is -0.493 e. The number of hydrogen-bond donors (Lipinski definition) is 2. The highest BCUT2D eigenvalue weighted by Crippen LogP contribution is 2.31. The lowest BCUT2D eigenvalue weighted by Gasteiger charge is -2.17. The van der Waals surface area contributed by atoms with Gasteiger partial charge in [0.2, 0.25) is 0 Å². The van der Waals surface area contributed by atoms with E-state index in [1.165, 1.54) is 24.8 Å². The molecule has 3 rings (SSSR count). The highest BCUT2D eigenvalue weighted by atomic mass is 16.5. The molecule has 2 fully saturated rings. The number of rotatable bonds is 8. The molecule has 0 spiro atoms. The zero-order valence-electron chi connectivity index (χ0n) is 15.5. The van der Waals surface area contributed by atoms with E-state index < -0.39 is 0 Å². The third kappa shape index (κ3) is 5.92. The summed E-state index contributed by atoms with van der Waals surface area (Å²) in [6.45, 7) is 6.20. The maximum Gasteiger partial charge on any atom is 0.191 e. The molecule has 1 atom stereocenters. The Balaban J connectivity index is 1.50. The second-order valence-corrected chi connectivity index (χ2v) is 7.24. The summed E-state index contributed by atoms with van der Waals surface area (Å²) in [4.78, 5) is 4.31. The number of nitrogens with one attached hydrogen (secondary N) is 2. The van der Waals surface area contributed by atoms with Gasteiger partial charge in [0, 0.05) is 38.2 Å². The number of hydrogen-bond acceptors (Lipinski definition) is 3. The van der Waals surface area contributed by atoms with Gasteiger partial charge < -0.3 is 20.1 Å². The second kappa shape index (κ2) is 9.09. The van der Waals surface area contributed by atoms with Crippen LogP contribution >= 0.6 is 0 Å². The van der Waals surface area contributed by atoms with Crippen LogP contribution in [0, 0.1) is 18.8 Å². The Labute approximate surface area is 151 Å². The largest absolute Gasteiger partial charge is 0.493 e. The van der Waals surface area contributed by atoms with Gasteiger partial charge in [0.25, 0.3) is 0 Å². The zero-order valence-corrected chi connectivity index (χ0v) is 15.5. The summed E-state index contributed by atoms with van der Waals surface area (Å²) in [6.07, 6.45) is 5.12. The van der Waals surface area contributed by atoms with Crippen molar-refractivity contribution >= 4 is 5.96 Å². The van der Waals surface area contributed by atoms with E-state index in [-0.39, 0.29) is 0 Å². The minimum atomic E-state index is 0.512. The van der Waals surface area contributed by atoms with Gasteiger partial charge in [-0.25, -0.2) is 0 Å². The van der Waals surface area contributed by atoms with Gasteiger partial charge in [-0.05, 0) is 37.3 Å². The van der Waals surface area contributed by atoms with Crippen LogP contribution in [0.5, 0.6) is 5.75 Å². The number of aryl methyl sites for hydroxylation is 1. The molecule has 0 bridgehead atoms. The van der Waals surface area contributed by atoms with Crippen molar-refractivity contribution in [2.45, 2.75) is 39.2 Å². The van der Waals surface area contributed by atoms with Crippen LogP contribution in [0.1, 0.15) is 36.8 Å². The first kappa shape index (κ1) is 18.1. The fourth-order valence-electron chi connectivity index (χ4n) is 3.07. The summed E-state index contributed by atoms with van der Waals surface area (Å²) in [6, 6.07) is 6.39. The topological polar surface area (TPSA) is 54.9 Å². The maximum absolute atomic E-state index is 6.11. The van der Waals surface area contributed by atoms with Gasteiger partial charge in [0.1, 0.15) is 5.75 Å². The molecule has 0 amide bonds. The molecule has 1 heterocycles. The lowest BCUT2D eigenvalue weighted by atomic mass is 10.1. The zero-order chi connectivity index (χ0) is 17.5. The van der Waals surface area contributed by atoms with Crippen LogP contribution in [0.4, 0.5) is 0 Å². The van der Waals surface area contributed by atoms with Gasteiger partial charge in [0.05, 0.1) is 13.2 Å². The van der Waals surface area contributed by atoms with Crippen molar-refractivity contribution in [1.29, 1.82) is 0 Å². The number of nitrogens with zero attached hydrogens (tertiary/aromatic N) is 1. The van der Waals surface area contributed by atoms with Crippen LogP contribution in [0.25, 0.3) is 0 Å². The molecule has 1 saturated carbocycles. The quantitative estimate of drug-likeness (QED) is 0.562. The van der Waals surface area contributed by atoms with Crippen molar-refractivity contribution in [2.24, 2.45) is 16.8 Å². The Morgan fingerprint density at radius 1 is 1.24 bits per heavy atom. The SMILES string of the molecule is CN=C(NCCC1CC1)NCc1ccc(C)cc1OCC1CCOC1. The Morgan fingerprint density at radius 2 is 2.12 bits per heavy atom. The Bertz CT molecular complexity index is 578. The average molecular weight is 345 g/mol. The molecule has 1 aromatic carbocycles. The van der Waals surface area contributed by atoms with Crippen molar-refractivity contribution in [3.63, 3.8) is 0 Å². The maximum atomic E-state index is 6.11. The first-order valence-electron chi connectivity index (χ1n) is 9.49. The van der Waals surface area contributed by atoms with E-state index in [1.807, 2.05) is 7.05 Å². The van der Waals surface area contributed by atoms with Crippen LogP contribution in [0.15, 0.2) is 23.2 Å². The summed E-state index contributed by atoms with van der Waals surface area (Å²) in [5, 5.41) is 6.80. The molecular weight excluding hydrogens is 314 g/mol. The average Bonchev–Trinajstić information content (AvgIpc) is 3.29. The molecule has 2 N–H and O–H groups in total. The number of ether oxygens (including phenoxy) is 2. The monoisotopic (exact) mass is 345 g/mol. The van der Waals surface area contributed by atoms with Crippen LogP contribution in [-0.2, 0) is 11.3 Å². The van der Waals surface area contributed by atoms with E-state index in [1.54, 1.807) is 0 Å². The van der Waals surface area contributed by atoms with Crippen LogP contribution in [-0.4, -0.2) is 39.4 Å². The van der Waals surface area contributed by atoms with Gasteiger partial charge in [-0.15, -0.1) is 0 Å². The predicted molar refractivity (Wildman–Crippen MR) is 101 cm³/mol. The van der Waals surface area contributed by atoms with Gasteiger partial charge in [0.15, 0.2) is 5.96 Å². The third-order valence-corrected chi connectivity index (χ3v) is 4.93. The van der Waals surface area contributed by atoms with Crippen molar-refractivity contribution < 1.29 is 9.47 Å². The van der Waals surface area contributed by atoms with Gasteiger partial charge in [-0.3, -0.25) is 4.99 Å². The van der Waals surface area contributed by atoms with Gasteiger partial charge >= 0.3 is 0 Å². The predicted octanol–water partition coefficient (Wildman–Crippen LogP) is 2.88. The Kier molecular flexibility index (Phi) is 6.56. The van der Waals surface area contributed by atoms with E-state index in [9.17, 15) is 0 Å². The molecule has 2 aliphatic rings. The number of benzene rings is 1. The summed E-state index contributed by atoms with van der Waals surface area (Å²) in [7, 11) is 1.82. The minimum absolute atomic E-state index is 0.512. The van der Waals surface area contributed by atoms with E-state index in [4.69, 9.17) is 9.47 Å². The first-order valence-corrected chi connectivity index (χ1v) is 9.49. The summed E-state index contributed by atoms with van der Waals surface area (Å²) in [5.74, 6) is 3.27. The molecule has 0 aromatic heterocycles. The normalized spacial score (nSPS) is 20.6. The summed E-state index contributed by atoms with van der Waals surface area (Å²) in [5.41, 5.74) is 2.38. The van der Waals surface area contributed by atoms with Crippen molar-refractivity contribution in [1.82, 2.24) is 10.6 Å². The second-order valence-electron chi connectivity index (χ2n) is 7.24. The molecule has 1 unspecified atom stereocenters. The van der Waals surface area contributed by atoms with Crippen LogP contribution in [0.2, 0.25) is 0 Å². The lowest BCUT2D eigenvalue weighted by Crippen LogP contribution is -2.37. The fourth-order valence-corrected chi connectivity index (χ4v) is 3.07. The molecule has 0 radical (unpaired) electrons. The Hall–Kier alpha value is -1.75. The smallest absolute Gasteiger partial charge is 0.191 e. The van der Waals surface area contributed by atoms with Crippen LogP contribution < -0.4 is 15.4 Å². The van der Waals surface area contributed by atoms with E-state index >= 15 is 0 Å². The molecule has 5 heteroatoms. The summed E-state index contributed by atoms with van der Waals surface area (Å²) >= 11 is 0. The molecule has 25 heavy (non-hydrogen) atoms. The molecular formula is C20H31N3O2. The lowest BCUT2D eigenvalue weighted by molar-refractivity contribution is 0.166. The van der Waals surface area contributed by atoms with Gasteiger partial charge in [-0.2, -0.15) is 0 Å². The number of aliphatic imine (C=N–C) groups is 1. The highest BCUT2D eigenvalue weighted by Gasteiger charge is 2.20. The standard InChI is InChI=1S/C20H31N3O2/c1-15-3-6-18(19(11-15)25-14-17-8-10-24-13-17)12-23-20(21-2)22-9-7-16-4-5-16/h3,6,11,16-17H,4-5,7-10,12-14H2,1-2H3,(H2,21,22,23). The Morgan fingerprint density at radius 3 is 2.84 bits per heavy atom.